The van der Waals surface area contributed by atoms with E-state index in [1.54, 1.807) is 0 Å². The van der Waals surface area contributed by atoms with Crippen molar-refractivity contribution in [3.63, 3.8) is 0 Å². The van der Waals surface area contributed by atoms with E-state index < -0.39 is 0 Å². The lowest BCUT2D eigenvalue weighted by Crippen LogP contribution is -2.43. The Morgan fingerprint density at radius 2 is 2.05 bits per heavy atom. The van der Waals surface area contributed by atoms with Crippen LogP contribution in [0, 0.1) is 11.3 Å². The molecule has 0 fully saturated rings. The molecule has 4 nitrogen and oxygen atoms in total. The topological polar surface area (TPSA) is 53.6 Å². The Morgan fingerprint density at radius 1 is 1.30 bits per heavy atom. The molecule has 0 aliphatic carbocycles. The molecule has 0 aromatic carbocycles. The van der Waals surface area contributed by atoms with Crippen molar-refractivity contribution in [3.05, 3.63) is 17.5 Å². The highest BCUT2D eigenvalue weighted by Gasteiger charge is 2.25. The van der Waals surface area contributed by atoms with Crippen LogP contribution in [0.25, 0.3) is 0 Å². The van der Waals surface area contributed by atoms with E-state index in [0.717, 1.165) is 50.9 Å². The van der Waals surface area contributed by atoms with Gasteiger partial charge in [0.1, 0.15) is 5.54 Å². The molecule has 0 saturated heterocycles. The van der Waals surface area contributed by atoms with Crippen LogP contribution in [-0.2, 0) is 19.4 Å². The average Bonchev–Trinajstić information content (AvgIpc) is 2.88. The van der Waals surface area contributed by atoms with E-state index in [4.69, 9.17) is 0 Å². The molecule has 0 saturated carbocycles. The zero-order chi connectivity index (χ0) is 15.0. The molecule has 4 heteroatoms. The van der Waals surface area contributed by atoms with Crippen molar-refractivity contribution in [1.29, 1.82) is 5.26 Å². The van der Waals surface area contributed by atoms with Crippen LogP contribution in [0.1, 0.15) is 58.3 Å². The summed E-state index contributed by atoms with van der Waals surface area (Å²) in [4.78, 5) is 0. The summed E-state index contributed by atoms with van der Waals surface area (Å²) >= 11 is 0. The summed E-state index contributed by atoms with van der Waals surface area (Å²) in [6, 6.07) is 4.65. The molecule has 0 bridgehead atoms. The van der Waals surface area contributed by atoms with Crippen LogP contribution in [0.3, 0.4) is 0 Å². The number of aryl methyl sites for hydroxylation is 3. The number of hydrogen-bond donors (Lipinski definition) is 1. The minimum absolute atomic E-state index is 0.373. The molecule has 112 valence electrons. The Labute approximate surface area is 123 Å². The highest BCUT2D eigenvalue weighted by molar-refractivity contribution is 5.10. The summed E-state index contributed by atoms with van der Waals surface area (Å²) in [7, 11) is 0. The summed E-state index contributed by atoms with van der Waals surface area (Å²) in [6.07, 6.45) is 4.69. The second kappa shape index (κ2) is 8.06. The summed E-state index contributed by atoms with van der Waals surface area (Å²) in [5.41, 5.74) is 2.09. The Balaban J connectivity index is 2.63. The summed E-state index contributed by atoms with van der Waals surface area (Å²) in [6.45, 7) is 10.2. The minimum atomic E-state index is -0.373. The first-order valence-corrected chi connectivity index (χ1v) is 7.86. The molecule has 1 aromatic rings. The normalized spacial score (nSPS) is 13.9. The average molecular weight is 276 g/mol. The molecule has 0 aliphatic heterocycles. The summed E-state index contributed by atoms with van der Waals surface area (Å²) in [5, 5.41) is 17.4. The number of aromatic nitrogens is 2. The molecule has 1 N–H and O–H groups in total. The van der Waals surface area contributed by atoms with E-state index in [1.165, 1.54) is 5.69 Å². The predicted molar refractivity (Wildman–Crippen MR) is 82.5 cm³/mol. The fraction of sp³-hybridized carbons (Fsp3) is 0.750. The van der Waals surface area contributed by atoms with Crippen molar-refractivity contribution < 1.29 is 0 Å². The van der Waals surface area contributed by atoms with Crippen LogP contribution in [0.4, 0.5) is 0 Å². The van der Waals surface area contributed by atoms with Crippen molar-refractivity contribution in [1.82, 2.24) is 15.1 Å². The molecular weight excluding hydrogens is 248 g/mol. The van der Waals surface area contributed by atoms with Crippen molar-refractivity contribution in [2.75, 3.05) is 6.54 Å². The van der Waals surface area contributed by atoms with Gasteiger partial charge in [-0.05, 0) is 44.7 Å². The lowest BCUT2D eigenvalue weighted by Gasteiger charge is -2.26. The molecule has 0 aliphatic rings. The largest absolute Gasteiger partial charge is 0.300 e. The molecule has 1 aromatic heterocycles. The minimum Gasteiger partial charge on any atom is -0.300 e. The highest BCUT2D eigenvalue weighted by atomic mass is 15.3. The van der Waals surface area contributed by atoms with Gasteiger partial charge in [0.15, 0.2) is 0 Å². The van der Waals surface area contributed by atoms with Crippen molar-refractivity contribution >= 4 is 0 Å². The van der Waals surface area contributed by atoms with Gasteiger partial charge in [-0.2, -0.15) is 10.4 Å². The van der Waals surface area contributed by atoms with Gasteiger partial charge >= 0.3 is 0 Å². The fourth-order valence-corrected chi connectivity index (χ4v) is 2.60. The lowest BCUT2D eigenvalue weighted by atomic mass is 9.92. The molecule has 1 unspecified atom stereocenters. The Hall–Kier alpha value is -1.34. The molecule has 1 atom stereocenters. The third kappa shape index (κ3) is 4.08. The van der Waals surface area contributed by atoms with Gasteiger partial charge in [-0.3, -0.25) is 10.00 Å². The molecule has 20 heavy (non-hydrogen) atoms. The van der Waals surface area contributed by atoms with E-state index in [9.17, 15) is 5.26 Å². The number of nitrogens with one attached hydrogen (secondary N) is 1. The van der Waals surface area contributed by atoms with Gasteiger partial charge in [0.2, 0.25) is 0 Å². The summed E-state index contributed by atoms with van der Waals surface area (Å²) in [5.74, 6) is 0. The fourth-order valence-electron chi connectivity index (χ4n) is 2.60. The Bertz CT molecular complexity index is 444. The number of nitrogens with zero attached hydrogens (tertiary/aromatic N) is 3. The standard InChI is InChI=1S/C16H28N4/c1-5-14-12-15(6-2)20(19-14)11-9-10-16(7-3,13-17)18-8-4/h12,18H,5-11H2,1-4H3. The van der Waals surface area contributed by atoms with Crippen LogP contribution in [0.5, 0.6) is 0 Å². The Kier molecular flexibility index (Phi) is 6.74. The van der Waals surface area contributed by atoms with Gasteiger partial charge in [0.05, 0.1) is 11.8 Å². The number of rotatable bonds is 9. The summed E-state index contributed by atoms with van der Waals surface area (Å²) < 4.78 is 2.11. The molecule has 0 spiro atoms. The van der Waals surface area contributed by atoms with Gasteiger partial charge in [-0.25, -0.2) is 0 Å². The second-order valence-corrected chi connectivity index (χ2v) is 5.24. The predicted octanol–water partition coefficient (Wildman–Crippen LogP) is 3.07. The SMILES string of the molecule is CCNC(C#N)(CC)CCCn1nc(CC)cc1CC. The van der Waals surface area contributed by atoms with Gasteiger partial charge in [0, 0.05) is 12.2 Å². The maximum absolute atomic E-state index is 9.41. The zero-order valence-corrected chi connectivity index (χ0v) is 13.4. The monoisotopic (exact) mass is 276 g/mol. The first-order chi connectivity index (χ1) is 9.64. The lowest BCUT2D eigenvalue weighted by molar-refractivity contribution is 0.357. The van der Waals surface area contributed by atoms with Gasteiger partial charge in [0.25, 0.3) is 0 Å². The van der Waals surface area contributed by atoms with Gasteiger partial charge in [-0.1, -0.05) is 27.7 Å². The third-order valence-corrected chi connectivity index (χ3v) is 3.94. The highest BCUT2D eigenvalue weighted by Crippen LogP contribution is 2.18. The van der Waals surface area contributed by atoms with Crippen molar-refractivity contribution in [2.45, 2.75) is 71.9 Å². The maximum Gasteiger partial charge on any atom is 0.106 e. The Morgan fingerprint density at radius 3 is 2.55 bits per heavy atom. The van der Waals surface area contributed by atoms with Crippen molar-refractivity contribution in [3.8, 4) is 6.07 Å². The number of nitriles is 1. The van der Waals surface area contributed by atoms with E-state index in [1.807, 2.05) is 0 Å². The van der Waals surface area contributed by atoms with Crippen molar-refractivity contribution in [2.24, 2.45) is 0 Å². The second-order valence-electron chi connectivity index (χ2n) is 5.24. The molecule has 0 amide bonds. The third-order valence-electron chi connectivity index (χ3n) is 3.94. The number of hydrogen-bond acceptors (Lipinski definition) is 3. The smallest absolute Gasteiger partial charge is 0.106 e. The van der Waals surface area contributed by atoms with Crippen LogP contribution in [-0.4, -0.2) is 21.9 Å². The molecule has 1 rings (SSSR count). The molecular formula is C16H28N4. The van der Waals surface area contributed by atoms with E-state index in [-0.39, 0.29) is 5.54 Å². The van der Waals surface area contributed by atoms with Gasteiger partial charge in [-0.15, -0.1) is 0 Å². The van der Waals surface area contributed by atoms with Crippen LogP contribution >= 0.6 is 0 Å². The molecule has 1 heterocycles. The van der Waals surface area contributed by atoms with E-state index in [2.05, 4.69) is 54.9 Å². The maximum atomic E-state index is 9.41. The first-order valence-electron chi connectivity index (χ1n) is 7.86. The molecule has 0 radical (unpaired) electrons. The van der Waals surface area contributed by atoms with Crippen LogP contribution in [0.2, 0.25) is 0 Å². The quantitative estimate of drug-likeness (QED) is 0.754. The zero-order valence-electron chi connectivity index (χ0n) is 13.4. The van der Waals surface area contributed by atoms with Gasteiger partial charge < -0.3 is 0 Å². The van der Waals surface area contributed by atoms with E-state index >= 15 is 0 Å². The van der Waals surface area contributed by atoms with Crippen LogP contribution in [0.15, 0.2) is 6.07 Å². The van der Waals surface area contributed by atoms with Crippen LogP contribution < -0.4 is 5.32 Å². The van der Waals surface area contributed by atoms with E-state index in [0.29, 0.717) is 0 Å². The first kappa shape index (κ1) is 16.7.